The molecule has 1 aromatic rings. The number of anilines is 1. The van der Waals surface area contributed by atoms with Gasteiger partial charge in [0.1, 0.15) is 0 Å². The zero-order chi connectivity index (χ0) is 14.0. The molecule has 2 rings (SSSR count). The number of carboxylic acid groups (broad SMARTS) is 1. The number of rotatable bonds is 2. The van der Waals surface area contributed by atoms with E-state index < -0.39 is 11.9 Å². The molecule has 2 N–H and O–H groups in total. The number of urea groups is 1. The van der Waals surface area contributed by atoms with Gasteiger partial charge < -0.3 is 10.4 Å². The molecule has 1 aliphatic heterocycles. The van der Waals surface area contributed by atoms with Crippen molar-refractivity contribution < 1.29 is 14.7 Å². The van der Waals surface area contributed by atoms with Crippen molar-refractivity contribution in [2.24, 2.45) is 5.92 Å². The number of hydrogen-bond acceptors (Lipinski definition) is 2. The van der Waals surface area contributed by atoms with Crippen molar-refractivity contribution in [3.05, 3.63) is 29.8 Å². The summed E-state index contributed by atoms with van der Waals surface area (Å²) in [7, 11) is 0. The zero-order valence-electron chi connectivity index (χ0n) is 11.1. The van der Waals surface area contributed by atoms with Gasteiger partial charge in [0.05, 0.1) is 5.92 Å². The molecule has 5 nitrogen and oxygen atoms in total. The Bertz CT molecular complexity index is 499. The highest BCUT2D eigenvalue weighted by Crippen LogP contribution is 2.29. The van der Waals surface area contributed by atoms with Crippen LogP contribution >= 0.6 is 0 Å². The van der Waals surface area contributed by atoms with Gasteiger partial charge in [-0.25, -0.2) is 4.79 Å². The lowest BCUT2D eigenvalue weighted by atomic mass is 9.93. The Kier molecular flexibility index (Phi) is 3.74. The third-order valence-electron chi connectivity index (χ3n) is 3.16. The molecule has 1 aromatic carbocycles. The van der Waals surface area contributed by atoms with Gasteiger partial charge in [-0.15, -0.1) is 0 Å². The summed E-state index contributed by atoms with van der Waals surface area (Å²) in [4.78, 5) is 24.9. The second-order valence-electron chi connectivity index (χ2n) is 5.08. The molecule has 2 amide bonds. The molecule has 0 aromatic heterocycles. The predicted octanol–water partition coefficient (Wildman–Crippen LogP) is 1.87. The van der Waals surface area contributed by atoms with Crippen LogP contribution in [0.2, 0.25) is 0 Å². The quantitative estimate of drug-likeness (QED) is 0.854. The first-order valence-electron chi connectivity index (χ1n) is 6.37. The minimum Gasteiger partial charge on any atom is -0.481 e. The number of para-hydroxylation sites is 1. The molecule has 1 heterocycles. The molecular weight excluding hydrogens is 244 g/mol. The lowest BCUT2D eigenvalue weighted by Crippen LogP contribution is -2.49. The van der Waals surface area contributed by atoms with Crippen molar-refractivity contribution >= 4 is 17.7 Å². The largest absolute Gasteiger partial charge is 0.481 e. The molecule has 1 atom stereocenters. The fourth-order valence-corrected chi connectivity index (χ4v) is 2.28. The van der Waals surface area contributed by atoms with Crippen LogP contribution in [0.15, 0.2) is 24.3 Å². The minimum absolute atomic E-state index is 0.0184. The number of nitrogens with one attached hydrogen (secondary N) is 1. The molecule has 1 unspecified atom stereocenters. The Morgan fingerprint density at radius 3 is 2.68 bits per heavy atom. The fourth-order valence-electron chi connectivity index (χ4n) is 2.28. The first kappa shape index (κ1) is 13.4. The number of carboxylic acids is 1. The van der Waals surface area contributed by atoms with Crippen LogP contribution in [0.4, 0.5) is 10.5 Å². The summed E-state index contributed by atoms with van der Waals surface area (Å²) in [6.07, 6.45) is 0.469. The number of nitrogens with zero attached hydrogens (tertiary/aromatic N) is 1. The standard InChI is InChI=1S/C14H18N2O3/c1-9(2)15-14(19)16-8-11(13(17)18)7-10-5-3-4-6-12(10)16/h3-6,9,11H,7-8H2,1-2H3,(H,15,19)(H,17,18). The fraction of sp³-hybridized carbons (Fsp3) is 0.429. The van der Waals surface area contributed by atoms with E-state index in [2.05, 4.69) is 5.32 Å². The predicted molar refractivity (Wildman–Crippen MR) is 72.3 cm³/mol. The monoisotopic (exact) mass is 262 g/mol. The van der Waals surface area contributed by atoms with Gasteiger partial charge >= 0.3 is 12.0 Å². The van der Waals surface area contributed by atoms with Gasteiger partial charge in [-0.3, -0.25) is 9.69 Å². The highest BCUT2D eigenvalue weighted by Gasteiger charge is 2.32. The molecule has 0 aliphatic carbocycles. The summed E-state index contributed by atoms with van der Waals surface area (Å²) in [6.45, 7) is 3.97. The summed E-state index contributed by atoms with van der Waals surface area (Å²) in [5.74, 6) is -1.41. The minimum atomic E-state index is -0.864. The van der Waals surface area contributed by atoms with Crippen LogP contribution < -0.4 is 10.2 Å². The number of hydrogen-bond donors (Lipinski definition) is 2. The third kappa shape index (κ3) is 2.86. The average molecular weight is 262 g/mol. The van der Waals surface area contributed by atoms with Crippen LogP contribution in [0.5, 0.6) is 0 Å². The van der Waals surface area contributed by atoms with Crippen LogP contribution in [0.1, 0.15) is 19.4 Å². The van der Waals surface area contributed by atoms with Gasteiger partial charge in [0.25, 0.3) is 0 Å². The smallest absolute Gasteiger partial charge is 0.322 e. The van der Waals surface area contributed by atoms with Crippen molar-refractivity contribution in [1.29, 1.82) is 0 Å². The lowest BCUT2D eigenvalue weighted by molar-refractivity contribution is -0.141. The van der Waals surface area contributed by atoms with Gasteiger partial charge in [-0.05, 0) is 31.9 Å². The van der Waals surface area contributed by atoms with Gasteiger partial charge in [-0.1, -0.05) is 18.2 Å². The maximum Gasteiger partial charge on any atom is 0.322 e. The van der Waals surface area contributed by atoms with Crippen molar-refractivity contribution in [2.75, 3.05) is 11.4 Å². The SMILES string of the molecule is CC(C)NC(=O)N1CC(C(=O)O)Cc2ccccc21. The van der Waals surface area contributed by atoms with E-state index in [1.165, 1.54) is 4.90 Å². The van der Waals surface area contributed by atoms with Crippen molar-refractivity contribution in [1.82, 2.24) is 5.32 Å². The maximum absolute atomic E-state index is 12.2. The van der Waals surface area contributed by atoms with Gasteiger partial charge in [0.15, 0.2) is 0 Å². The normalized spacial score (nSPS) is 18.1. The Balaban J connectivity index is 2.31. The first-order chi connectivity index (χ1) is 8.99. The highest BCUT2D eigenvalue weighted by atomic mass is 16.4. The molecule has 5 heteroatoms. The number of carbonyl (C=O) groups excluding carboxylic acids is 1. The van der Waals surface area contributed by atoms with E-state index in [1.54, 1.807) is 0 Å². The second-order valence-corrected chi connectivity index (χ2v) is 5.08. The Hall–Kier alpha value is -2.04. The molecule has 0 saturated carbocycles. The van der Waals surface area contributed by atoms with Gasteiger partial charge in [0, 0.05) is 18.3 Å². The van der Waals surface area contributed by atoms with Crippen LogP contribution in [-0.4, -0.2) is 29.7 Å². The average Bonchev–Trinajstić information content (AvgIpc) is 2.36. The Morgan fingerprint density at radius 1 is 1.37 bits per heavy atom. The molecular formula is C14H18N2O3. The number of aliphatic carboxylic acids is 1. The topological polar surface area (TPSA) is 69.6 Å². The Labute approximate surface area is 112 Å². The van der Waals surface area contributed by atoms with Crippen LogP contribution in [-0.2, 0) is 11.2 Å². The van der Waals surface area contributed by atoms with E-state index in [0.29, 0.717) is 6.42 Å². The van der Waals surface area contributed by atoms with E-state index >= 15 is 0 Å². The lowest BCUT2D eigenvalue weighted by Gasteiger charge is -2.33. The van der Waals surface area contributed by atoms with Gasteiger partial charge in [0.2, 0.25) is 0 Å². The number of carbonyl (C=O) groups is 2. The zero-order valence-corrected chi connectivity index (χ0v) is 11.1. The van der Waals surface area contributed by atoms with Crippen molar-refractivity contribution in [3.8, 4) is 0 Å². The molecule has 0 bridgehead atoms. The summed E-state index contributed by atoms with van der Waals surface area (Å²) in [5.41, 5.74) is 1.71. The van der Waals surface area contributed by atoms with E-state index in [0.717, 1.165) is 11.3 Å². The molecule has 0 spiro atoms. The van der Waals surface area contributed by atoms with Crippen LogP contribution in [0, 0.1) is 5.92 Å². The summed E-state index contributed by atoms with van der Waals surface area (Å²) in [6, 6.07) is 7.23. The number of benzene rings is 1. The van der Waals surface area contributed by atoms with E-state index in [-0.39, 0.29) is 18.6 Å². The molecule has 19 heavy (non-hydrogen) atoms. The maximum atomic E-state index is 12.2. The van der Waals surface area contributed by atoms with Crippen molar-refractivity contribution in [3.63, 3.8) is 0 Å². The van der Waals surface area contributed by atoms with Gasteiger partial charge in [-0.2, -0.15) is 0 Å². The molecule has 0 saturated heterocycles. The second kappa shape index (κ2) is 5.30. The summed E-state index contributed by atoms with van der Waals surface area (Å²) in [5, 5.41) is 12.0. The number of amides is 2. The Morgan fingerprint density at radius 2 is 2.05 bits per heavy atom. The van der Waals surface area contributed by atoms with E-state index in [9.17, 15) is 14.7 Å². The summed E-state index contributed by atoms with van der Waals surface area (Å²) < 4.78 is 0. The van der Waals surface area contributed by atoms with Crippen LogP contribution in [0.25, 0.3) is 0 Å². The van der Waals surface area contributed by atoms with E-state index in [4.69, 9.17) is 0 Å². The molecule has 0 fully saturated rings. The first-order valence-corrected chi connectivity index (χ1v) is 6.37. The third-order valence-corrected chi connectivity index (χ3v) is 3.16. The number of fused-ring (bicyclic) bond motifs is 1. The van der Waals surface area contributed by atoms with E-state index in [1.807, 2.05) is 38.1 Å². The highest BCUT2D eigenvalue weighted by molar-refractivity contribution is 5.94. The van der Waals surface area contributed by atoms with Crippen LogP contribution in [0.3, 0.4) is 0 Å². The summed E-state index contributed by atoms with van der Waals surface area (Å²) >= 11 is 0. The van der Waals surface area contributed by atoms with Crippen molar-refractivity contribution in [2.45, 2.75) is 26.3 Å². The molecule has 102 valence electrons. The molecule has 0 radical (unpaired) electrons. The molecule has 1 aliphatic rings.